The van der Waals surface area contributed by atoms with Crippen LogP contribution in [0.4, 0.5) is 5.69 Å². The first-order chi connectivity index (χ1) is 14.4. The van der Waals surface area contributed by atoms with Gasteiger partial charge in [0.2, 0.25) is 5.91 Å². The van der Waals surface area contributed by atoms with Crippen LogP contribution in [0, 0.1) is 0 Å². The van der Waals surface area contributed by atoms with Crippen LogP contribution in [0.1, 0.15) is 18.1 Å². The number of aryl methyl sites for hydroxylation is 1. The molecule has 7 nitrogen and oxygen atoms in total. The van der Waals surface area contributed by atoms with Gasteiger partial charge in [0.15, 0.2) is 12.2 Å². The number of likely N-dealkylation sites (N-methyl/N-ethyl adjacent to an activating group) is 1. The standard InChI is InChI=1S/C23H27N3O4/c1-4-15-10-12-17(13-11-15)24-21(27)19-20(30-19)22(28)25-18(23(29)26(2)3)14-16-8-6-5-7-9-16/h5-13,18-20H,4,14H2,1-3H3,(H,24,27)(H,25,28)/t18-,19-,20?/m0/s1. The fourth-order valence-corrected chi connectivity index (χ4v) is 3.16. The molecule has 1 aliphatic rings. The Labute approximate surface area is 176 Å². The molecule has 30 heavy (non-hydrogen) atoms. The van der Waals surface area contributed by atoms with Crippen LogP contribution in [0.2, 0.25) is 0 Å². The third-order valence-corrected chi connectivity index (χ3v) is 4.98. The lowest BCUT2D eigenvalue weighted by Crippen LogP contribution is -2.49. The van der Waals surface area contributed by atoms with E-state index in [4.69, 9.17) is 4.74 Å². The van der Waals surface area contributed by atoms with Crippen molar-refractivity contribution in [3.63, 3.8) is 0 Å². The van der Waals surface area contributed by atoms with Crippen LogP contribution in [0.5, 0.6) is 0 Å². The largest absolute Gasteiger partial charge is 0.349 e. The van der Waals surface area contributed by atoms with Crippen LogP contribution in [0.15, 0.2) is 54.6 Å². The number of rotatable bonds is 8. The van der Waals surface area contributed by atoms with Crippen LogP contribution < -0.4 is 10.6 Å². The summed E-state index contributed by atoms with van der Waals surface area (Å²) in [7, 11) is 3.28. The van der Waals surface area contributed by atoms with Gasteiger partial charge in [0.05, 0.1) is 0 Å². The van der Waals surface area contributed by atoms with Crippen molar-refractivity contribution in [2.45, 2.75) is 38.0 Å². The number of benzene rings is 2. The van der Waals surface area contributed by atoms with Gasteiger partial charge in [-0.25, -0.2) is 0 Å². The molecule has 0 aromatic heterocycles. The molecular weight excluding hydrogens is 382 g/mol. The summed E-state index contributed by atoms with van der Waals surface area (Å²) in [5.74, 6) is -1.06. The summed E-state index contributed by atoms with van der Waals surface area (Å²) in [4.78, 5) is 38.9. The third kappa shape index (κ3) is 5.45. The lowest BCUT2D eigenvalue weighted by atomic mass is 10.0. The van der Waals surface area contributed by atoms with E-state index >= 15 is 0 Å². The van der Waals surface area contributed by atoms with E-state index in [0.29, 0.717) is 12.1 Å². The van der Waals surface area contributed by atoms with Gasteiger partial charge in [-0.1, -0.05) is 49.4 Å². The second kappa shape index (κ2) is 9.54. The highest BCUT2D eigenvalue weighted by Crippen LogP contribution is 2.24. The molecule has 2 aromatic carbocycles. The number of amides is 3. The first-order valence-electron chi connectivity index (χ1n) is 9.99. The molecule has 1 aliphatic heterocycles. The van der Waals surface area contributed by atoms with Crippen molar-refractivity contribution < 1.29 is 19.1 Å². The third-order valence-electron chi connectivity index (χ3n) is 4.98. The number of carbonyl (C=O) groups excluding carboxylic acids is 3. The molecule has 1 unspecified atom stereocenters. The monoisotopic (exact) mass is 409 g/mol. The first-order valence-corrected chi connectivity index (χ1v) is 9.99. The van der Waals surface area contributed by atoms with Crippen molar-refractivity contribution >= 4 is 23.4 Å². The number of hydrogen-bond acceptors (Lipinski definition) is 4. The normalized spacial score (nSPS) is 18.2. The first kappa shape index (κ1) is 21.5. The van der Waals surface area contributed by atoms with Crippen molar-refractivity contribution in [3.8, 4) is 0 Å². The van der Waals surface area contributed by atoms with Crippen LogP contribution in [-0.2, 0) is 32.0 Å². The fraction of sp³-hybridized carbons (Fsp3) is 0.348. The van der Waals surface area contributed by atoms with Gasteiger partial charge in [-0.3, -0.25) is 14.4 Å². The maximum absolute atomic E-state index is 12.6. The Morgan fingerprint density at radius 2 is 1.57 bits per heavy atom. The predicted molar refractivity (Wildman–Crippen MR) is 114 cm³/mol. The summed E-state index contributed by atoms with van der Waals surface area (Å²) in [6.45, 7) is 2.06. The van der Waals surface area contributed by atoms with Crippen molar-refractivity contribution in [1.82, 2.24) is 10.2 Å². The summed E-state index contributed by atoms with van der Waals surface area (Å²) < 4.78 is 5.30. The minimum absolute atomic E-state index is 0.218. The number of epoxide rings is 1. The Bertz CT molecular complexity index is 896. The van der Waals surface area contributed by atoms with Crippen LogP contribution in [-0.4, -0.2) is 55.0 Å². The molecule has 0 bridgehead atoms. The van der Waals surface area contributed by atoms with E-state index in [-0.39, 0.29) is 11.8 Å². The second-order valence-corrected chi connectivity index (χ2v) is 7.50. The number of ether oxygens (including phenoxy) is 1. The van der Waals surface area contributed by atoms with Gasteiger partial charge in [0.1, 0.15) is 6.04 Å². The lowest BCUT2D eigenvalue weighted by Gasteiger charge is -2.21. The summed E-state index contributed by atoms with van der Waals surface area (Å²) in [6, 6.07) is 16.2. The number of anilines is 1. The van der Waals surface area contributed by atoms with Gasteiger partial charge < -0.3 is 20.3 Å². The van der Waals surface area contributed by atoms with Gasteiger partial charge in [0, 0.05) is 26.2 Å². The molecule has 3 amide bonds. The molecular formula is C23H27N3O4. The molecule has 1 fully saturated rings. The van der Waals surface area contributed by atoms with Crippen LogP contribution >= 0.6 is 0 Å². The lowest BCUT2D eigenvalue weighted by molar-refractivity contribution is -0.134. The smallest absolute Gasteiger partial charge is 0.256 e. The Morgan fingerprint density at radius 1 is 0.933 bits per heavy atom. The van der Waals surface area contributed by atoms with E-state index in [0.717, 1.165) is 12.0 Å². The Morgan fingerprint density at radius 3 is 2.17 bits per heavy atom. The molecule has 0 aliphatic carbocycles. The van der Waals surface area contributed by atoms with Gasteiger partial charge in [-0.05, 0) is 29.7 Å². The van der Waals surface area contributed by atoms with E-state index in [1.807, 2.05) is 54.6 Å². The topological polar surface area (TPSA) is 91.0 Å². The number of hydrogen-bond donors (Lipinski definition) is 2. The minimum Gasteiger partial charge on any atom is -0.349 e. The molecule has 2 aromatic rings. The van der Waals surface area contributed by atoms with Crippen molar-refractivity contribution in [3.05, 3.63) is 65.7 Å². The van der Waals surface area contributed by atoms with Crippen LogP contribution in [0.3, 0.4) is 0 Å². The average molecular weight is 409 g/mol. The van der Waals surface area contributed by atoms with Crippen molar-refractivity contribution in [2.24, 2.45) is 0 Å². The average Bonchev–Trinajstić information content (AvgIpc) is 3.55. The zero-order valence-corrected chi connectivity index (χ0v) is 17.4. The van der Waals surface area contributed by atoms with Gasteiger partial charge in [0.25, 0.3) is 11.8 Å². The van der Waals surface area contributed by atoms with Crippen LogP contribution in [0.25, 0.3) is 0 Å². The summed E-state index contributed by atoms with van der Waals surface area (Å²) in [6.07, 6.45) is -0.481. The molecule has 3 atom stereocenters. The Balaban J connectivity index is 1.58. The molecule has 3 rings (SSSR count). The highest BCUT2D eigenvalue weighted by Gasteiger charge is 2.51. The molecule has 2 N–H and O–H groups in total. The van der Waals surface area contributed by atoms with Gasteiger partial charge >= 0.3 is 0 Å². The van der Waals surface area contributed by atoms with E-state index in [9.17, 15) is 14.4 Å². The highest BCUT2D eigenvalue weighted by atomic mass is 16.6. The fourth-order valence-electron chi connectivity index (χ4n) is 3.16. The zero-order valence-electron chi connectivity index (χ0n) is 17.4. The van der Waals surface area contributed by atoms with Crippen molar-refractivity contribution in [1.29, 1.82) is 0 Å². The van der Waals surface area contributed by atoms with E-state index < -0.39 is 24.2 Å². The number of nitrogens with one attached hydrogen (secondary N) is 2. The number of nitrogens with zero attached hydrogens (tertiary/aromatic N) is 1. The molecule has 158 valence electrons. The van der Waals surface area contributed by atoms with E-state index in [1.165, 1.54) is 10.5 Å². The predicted octanol–water partition coefficient (Wildman–Crippen LogP) is 1.77. The molecule has 1 saturated heterocycles. The second-order valence-electron chi connectivity index (χ2n) is 7.50. The highest BCUT2D eigenvalue weighted by molar-refractivity contribution is 6.02. The molecule has 7 heteroatoms. The Hall–Kier alpha value is -3.19. The van der Waals surface area contributed by atoms with Gasteiger partial charge in [-0.15, -0.1) is 0 Å². The summed E-state index contributed by atoms with van der Waals surface area (Å²) in [5, 5.41) is 5.49. The quantitative estimate of drug-likeness (QED) is 0.650. The molecule has 0 saturated carbocycles. The van der Waals surface area contributed by atoms with E-state index in [2.05, 4.69) is 17.6 Å². The zero-order chi connectivity index (χ0) is 21.7. The SMILES string of the molecule is CCc1ccc(NC(=O)[C@H]2OC2C(=O)N[C@@H](Cc2ccccc2)C(=O)N(C)C)cc1. The molecule has 0 spiro atoms. The van der Waals surface area contributed by atoms with Crippen molar-refractivity contribution in [2.75, 3.05) is 19.4 Å². The summed E-state index contributed by atoms with van der Waals surface area (Å²) in [5.41, 5.74) is 2.75. The molecule has 0 radical (unpaired) electrons. The maximum atomic E-state index is 12.6. The minimum atomic E-state index is -0.895. The number of carbonyl (C=O) groups is 3. The van der Waals surface area contributed by atoms with E-state index in [1.54, 1.807) is 14.1 Å². The Kier molecular flexibility index (Phi) is 6.84. The van der Waals surface area contributed by atoms with Gasteiger partial charge in [-0.2, -0.15) is 0 Å². The summed E-state index contributed by atoms with van der Waals surface area (Å²) >= 11 is 0. The maximum Gasteiger partial charge on any atom is 0.256 e. The molecule has 1 heterocycles.